The minimum atomic E-state index is -4.67. The average molecular weight is 464 g/mol. The normalized spacial score (nSPS) is 11.3. The number of pyridine rings is 1. The number of rotatable bonds is 5. The summed E-state index contributed by atoms with van der Waals surface area (Å²) in [6.45, 7) is 3.71. The van der Waals surface area contributed by atoms with Gasteiger partial charge in [0.15, 0.2) is 5.82 Å². The van der Waals surface area contributed by atoms with E-state index in [1.54, 1.807) is 30.3 Å². The fraction of sp³-hybridized carbons (Fsp3) is 0.167. The van der Waals surface area contributed by atoms with Crippen LogP contribution in [0.4, 0.5) is 36.1 Å². The van der Waals surface area contributed by atoms with Crippen LogP contribution in [0.2, 0.25) is 0 Å². The summed E-state index contributed by atoms with van der Waals surface area (Å²) in [4.78, 5) is 23.9. The highest BCUT2D eigenvalue weighted by Crippen LogP contribution is 2.35. The molecule has 0 bridgehead atoms. The lowest BCUT2D eigenvalue weighted by atomic mass is 10.1. The van der Waals surface area contributed by atoms with Gasteiger partial charge in [0.1, 0.15) is 5.82 Å². The van der Waals surface area contributed by atoms with Gasteiger partial charge in [-0.15, -0.1) is 0 Å². The lowest BCUT2D eigenvalue weighted by Crippen LogP contribution is -2.11. The summed E-state index contributed by atoms with van der Waals surface area (Å²) in [7, 11) is 0. The van der Waals surface area contributed by atoms with Crippen LogP contribution in [0.25, 0.3) is 10.9 Å². The lowest BCUT2D eigenvalue weighted by Gasteiger charge is -2.17. The van der Waals surface area contributed by atoms with Gasteiger partial charge in [0.2, 0.25) is 0 Å². The van der Waals surface area contributed by atoms with Gasteiger partial charge in [-0.25, -0.2) is 9.97 Å². The Morgan fingerprint density at radius 2 is 1.82 bits per heavy atom. The molecule has 0 atom stereocenters. The zero-order valence-electron chi connectivity index (χ0n) is 18.2. The maximum Gasteiger partial charge on any atom is 0.417 e. The number of aromatic amines is 1. The molecule has 4 rings (SSSR count). The van der Waals surface area contributed by atoms with E-state index in [0.717, 1.165) is 17.7 Å². The van der Waals surface area contributed by atoms with Crippen LogP contribution in [0.1, 0.15) is 29.4 Å². The van der Waals surface area contributed by atoms with E-state index in [1.807, 2.05) is 13.8 Å². The molecule has 10 heteroatoms. The fourth-order valence-electron chi connectivity index (χ4n) is 3.48. The summed E-state index contributed by atoms with van der Waals surface area (Å²) in [6.07, 6.45) is -2.55. The molecule has 172 valence electrons. The number of H-pyrrole nitrogens is 1. The largest absolute Gasteiger partial charge is 0.417 e. The van der Waals surface area contributed by atoms with E-state index < -0.39 is 17.3 Å². The minimum Gasteiger partial charge on any atom is -0.352 e. The van der Waals surface area contributed by atoms with Gasteiger partial charge in [0.25, 0.3) is 5.56 Å². The van der Waals surface area contributed by atoms with Crippen molar-refractivity contribution in [1.82, 2.24) is 15.0 Å². The Labute approximate surface area is 192 Å². The summed E-state index contributed by atoms with van der Waals surface area (Å²) in [5.41, 5.74) is 0.807. The molecule has 0 saturated carbocycles. The van der Waals surface area contributed by atoms with E-state index in [2.05, 4.69) is 25.6 Å². The molecule has 0 aliphatic carbocycles. The monoisotopic (exact) mass is 464 g/mol. The maximum absolute atomic E-state index is 13.4. The summed E-state index contributed by atoms with van der Waals surface area (Å²) >= 11 is 0. The Morgan fingerprint density at radius 3 is 2.53 bits per heavy atom. The van der Waals surface area contributed by atoms with E-state index >= 15 is 0 Å². The zero-order chi connectivity index (χ0) is 24.5. The van der Waals surface area contributed by atoms with Crippen molar-refractivity contribution in [3.05, 3.63) is 81.5 Å². The van der Waals surface area contributed by atoms with Gasteiger partial charge >= 0.3 is 6.18 Å². The first kappa shape index (κ1) is 22.8. The standard InChI is InChI=1S/C24H19F3N6O/c1-3-20-32-19-7-6-15(10-17(19)23(34)33-20)30-21-13(2)8-9-29-22(21)31-16-5-4-14(12-28)18(11-16)24(25,26)27/h4-11,30H,3H2,1-2H3,(H,29,31)(H,32,33,34). The third kappa shape index (κ3) is 4.54. The molecular weight excluding hydrogens is 445 g/mol. The molecule has 2 aromatic heterocycles. The summed E-state index contributed by atoms with van der Waals surface area (Å²) in [5.74, 6) is 0.875. The van der Waals surface area contributed by atoms with Crippen LogP contribution in [0, 0.1) is 18.3 Å². The van der Waals surface area contributed by atoms with Crippen molar-refractivity contribution in [1.29, 1.82) is 5.26 Å². The molecular formula is C24H19F3N6O. The molecule has 0 aliphatic heterocycles. The molecule has 0 spiro atoms. The quantitative estimate of drug-likeness (QED) is 0.357. The molecule has 0 aliphatic rings. The second kappa shape index (κ2) is 8.86. The van der Waals surface area contributed by atoms with Crippen molar-refractivity contribution in [2.45, 2.75) is 26.4 Å². The van der Waals surface area contributed by atoms with Gasteiger partial charge in [-0.1, -0.05) is 6.92 Å². The first-order valence-corrected chi connectivity index (χ1v) is 10.3. The molecule has 2 heterocycles. The molecule has 3 N–H and O–H groups in total. The Bertz CT molecular complexity index is 1490. The second-order valence-electron chi connectivity index (χ2n) is 7.57. The van der Waals surface area contributed by atoms with Crippen LogP contribution < -0.4 is 16.2 Å². The van der Waals surface area contributed by atoms with E-state index in [1.165, 1.54) is 12.3 Å². The van der Waals surface area contributed by atoms with Gasteiger partial charge in [-0.3, -0.25) is 4.79 Å². The van der Waals surface area contributed by atoms with Crippen LogP contribution >= 0.6 is 0 Å². The van der Waals surface area contributed by atoms with Crippen LogP contribution in [0.15, 0.2) is 53.5 Å². The SMILES string of the molecule is CCc1nc2ccc(Nc3c(C)ccnc3Nc3ccc(C#N)c(C(F)(F)F)c3)cc2c(=O)[nH]1. The number of alkyl halides is 3. The van der Waals surface area contributed by atoms with Crippen LogP contribution in [0.5, 0.6) is 0 Å². The highest BCUT2D eigenvalue weighted by molar-refractivity contribution is 5.85. The minimum absolute atomic E-state index is 0.124. The molecule has 0 saturated heterocycles. The van der Waals surface area contributed by atoms with Gasteiger partial charge in [-0.05, 0) is 55.0 Å². The second-order valence-corrected chi connectivity index (χ2v) is 7.57. The fourth-order valence-corrected chi connectivity index (χ4v) is 3.48. The molecule has 7 nitrogen and oxygen atoms in total. The first-order valence-electron chi connectivity index (χ1n) is 10.3. The number of fused-ring (bicyclic) bond motifs is 1. The Morgan fingerprint density at radius 1 is 1.09 bits per heavy atom. The van der Waals surface area contributed by atoms with Gasteiger partial charge in [0, 0.05) is 24.0 Å². The van der Waals surface area contributed by atoms with Gasteiger partial charge < -0.3 is 15.6 Å². The zero-order valence-corrected chi connectivity index (χ0v) is 18.2. The van der Waals surface area contributed by atoms with Crippen LogP contribution in [-0.2, 0) is 12.6 Å². The molecule has 0 fully saturated rings. The molecule has 0 amide bonds. The summed E-state index contributed by atoms with van der Waals surface area (Å²) in [5, 5.41) is 15.5. The van der Waals surface area contributed by atoms with E-state index in [9.17, 15) is 18.0 Å². The number of nitrogens with zero attached hydrogens (tertiary/aromatic N) is 3. The van der Waals surface area contributed by atoms with E-state index in [4.69, 9.17) is 5.26 Å². The topological polar surface area (TPSA) is 106 Å². The van der Waals surface area contributed by atoms with Gasteiger partial charge in [0.05, 0.1) is 33.8 Å². The third-order valence-electron chi connectivity index (χ3n) is 5.23. The number of nitriles is 1. The molecule has 0 radical (unpaired) electrons. The molecule has 34 heavy (non-hydrogen) atoms. The molecule has 0 unspecified atom stereocenters. The predicted octanol–water partition coefficient (Wildman–Crippen LogP) is 5.57. The average Bonchev–Trinajstić information content (AvgIpc) is 2.81. The van der Waals surface area contributed by atoms with E-state index in [0.29, 0.717) is 34.5 Å². The molecule has 2 aromatic carbocycles. The number of nitrogens with one attached hydrogen (secondary N) is 3. The van der Waals surface area contributed by atoms with Crippen molar-refractivity contribution in [2.75, 3.05) is 10.6 Å². The Kier molecular flexibility index (Phi) is 5.94. The summed E-state index contributed by atoms with van der Waals surface area (Å²) in [6, 6.07) is 11.8. The number of anilines is 4. The van der Waals surface area contributed by atoms with Crippen LogP contribution in [-0.4, -0.2) is 15.0 Å². The third-order valence-corrected chi connectivity index (χ3v) is 5.23. The Hall–Kier alpha value is -4.39. The first-order chi connectivity index (χ1) is 16.2. The van der Waals surface area contributed by atoms with Crippen LogP contribution in [0.3, 0.4) is 0 Å². The Balaban J connectivity index is 1.71. The van der Waals surface area contributed by atoms with Crippen molar-refractivity contribution in [3.63, 3.8) is 0 Å². The number of hydrogen-bond donors (Lipinski definition) is 3. The van der Waals surface area contributed by atoms with Crippen molar-refractivity contribution in [2.24, 2.45) is 0 Å². The summed E-state index contributed by atoms with van der Waals surface area (Å²) < 4.78 is 40.1. The highest BCUT2D eigenvalue weighted by Gasteiger charge is 2.34. The number of halogens is 3. The number of aryl methyl sites for hydroxylation is 2. The van der Waals surface area contributed by atoms with Crippen molar-refractivity contribution < 1.29 is 13.2 Å². The van der Waals surface area contributed by atoms with Gasteiger partial charge in [-0.2, -0.15) is 18.4 Å². The number of aromatic nitrogens is 3. The van der Waals surface area contributed by atoms with E-state index in [-0.39, 0.29) is 17.1 Å². The maximum atomic E-state index is 13.4. The lowest BCUT2D eigenvalue weighted by molar-refractivity contribution is -0.137. The smallest absolute Gasteiger partial charge is 0.352 e. The number of benzene rings is 2. The molecule has 4 aromatic rings. The highest BCUT2D eigenvalue weighted by atomic mass is 19.4. The van der Waals surface area contributed by atoms with Crippen molar-refractivity contribution in [3.8, 4) is 6.07 Å². The predicted molar refractivity (Wildman–Crippen MR) is 123 cm³/mol. The van der Waals surface area contributed by atoms with Crippen molar-refractivity contribution >= 4 is 33.8 Å². The number of hydrogen-bond acceptors (Lipinski definition) is 6.